The zero-order chi connectivity index (χ0) is 20.9. The fourth-order valence-electron chi connectivity index (χ4n) is 2.93. The van der Waals surface area contributed by atoms with Gasteiger partial charge >= 0.3 is 0 Å². The van der Waals surface area contributed by atoms with Crippen LogP contribution in [-0.2, 0) is 6.54 Å². The highest BCUT2D eigenvalue weighted by Crippen LogP contribution is 2.31. The Kier molecular flexibility index (Phi) is 5.38. The summed E-state index contributed by atoms with van der Waals surface area (Å²) in [5, 5.41) is 17.7. The summed E-state index contributed by atoms with van der Waals surface area (Å²) in [6.07, 6.45) is 4.57. The predicted molar refractivity (Wildman–Crippen MR) is 110 cm³/mol. The number of nitrogens with one attached hydrogen (secondary N) is 1. The predicted octanol–water partition coefficient (Wildman–Crippen LogP) is 2.97. The van der Waals surface area contributed by atoms with E-state index < -0.39 is 0 Å². The van der Waals surface area contributed by atoms with Crippen LogP contribution in [0.3, 0.4) is 0 Å². The third-order valence-corrected chi connectivity index (χ3v) is 4.52. The van der Waals surface area contributed by atoms with Crippen LogP contribution in [-0.4, -0.2) is 37.9 Å². The van der Waals surface area contributed by atoms with Crippen LogP contribution in [0.1, 0.15) is 15.9 Å². The highest BCUT2D eigenvalue weighted by atomic mass is 16.5. The first-order valence-corrected chi connectivity index (χ1v) is 9.21. The summed E-state index contributed by atoms with van der Waals surface area (Å²) < 4.78 is 6.42. The summed E-state index contributed by atoms with van der Waals surface area (Å²) in [5.41, 5.74) is 2.65. The largest absolute Gasteiger partial charge is 0.493 e. The fraction of sp³-hybridized carbons (Fsp3) is 0.0909. The zero-order valence-electron chi connectivity index (χ0n) is 16.2. The monoisotopic (exact) mass is 401 g/mol. The van der Waals surface area contributed by atoms with Crippen molar-refractivity contribution in [3.8, 4) is 28.7 Å². The van der Waals surface area contributed by atoms with Crippen LogP contribution in [0, 0.1) is 0 Å². The van der Waals surface area contributed by atoms with Gasteiger partial charge in [-0.25, -0.2) is 9.97 Å². The van der Waals surface area contributed by atoms with E-state index in [-0.39, 0.29) is 11.8 Å². The second-order valence-electron chi connectivity index (χ2n) is 6.45. The molecule has 0 aliphatic rings. The number of carbonyl (C=O) groups excluding carboxylic acids is 1. The molecule has 0 spiro atoms. The van der Waals surface area contributed by atoms with Crippen molar-refractivity contribution >= 4 is 5.91 Å². The molecular formula is C22H19N5O3. The average molecular weight is 401 g/mol. The summed E-state index contributed by atoms with van der Waals surface area (Å²) >= 11 is 0. The van der Waals surface area contributed by atoms with Crippen molar-refractivity contribution < 1.29 is 14.6 Å². The molecule has 0 unspecified atom stereocenters. The van der Waals surface area contributed by atoms with Crippen molar-refractivity contribution in [2.24, 2.45) is 0 Å². The van der Waals surface area contributed by atoms with Gasteiger partial charge in [0.05, 0.1) is 24.4 Å². The van der Waals surface area contributed by atoms with Gasteiger partial charge in [-0.15, -0.1) is 0 Å². The van der Waals surface area contributed by atoms with E-state index in [9.17, 15) is 9.90 Å². The minimum Gasteiger partial charge on any atom is -0.493 e. The van der Waals surface area contributed by atoms with E-state index >= 15 is 0 Å². The van der Waals surface area contributed by atoms with Gasteiger partial charge in [-0.2, -0.15) is 9.78 Å². The Morgan fingerprint density at radius 2 is 1.93 bits per heavy atom. The van der Waals surface area contributed by atoms with Crippen LogP contribution in [0.2, 0.25) is 0 Å². The number of pyridine rings is 2. The Hall–Kier alpha value is -4.20. The molecular weight excluding hydrogens is 382 g/mol. The number of rotatable bonds is 6. The Labute approximate surface area is 172 Å². The van der Waals surface area contributed by atoms with Crippen LogP contribution < -0.4 is 10.1 Å². The summed E-state index contributed by atoms with van der Waals surface area (Å²) in [4.78, 5) is 20.7. The molecule has 3 heterocycles. The van der Waals surface area contributed by atoms with Crippen LogP contribution in [0.4, 0.5) is 0 Å². The van der Waals surface area contributed by atoms with E-state index in [1.54, 1.807) is 30.5 Å². The van der Waals surface area contributed by atoms with Gasteiger partial charge < -0.3 is 15.2 Å². The van der Waals surface area contributed by atoms with Crippen LogP contribution in [0.15, 0.2) is 73.2 Å². The summed E-state index contributed by atoms with van der Waals surface area (Å²) in [6.45, 7) is 0.431. The fourth-order valence-corrected chi connectivity index (χ4v) is 2.93. The van der Waals surface area contributed by atoms with Crippen molar-refractivity contribution in [3.05, 3.63) is 84.3 Å². The number of aromatic nitrogens is 4. The molecule has 0 aliphatic carbocycles. The van der Waals surface area contributed by atoms with E-state index in [2.05, 4.69) is 20.4 Å². The number of methoxy groups -OCH3 is 1. The molecule has 1 aromatic carbocycles. The van der Waals surface area contributed by atoms with E-state index in [1.807, 2.05) is 30.3 Å². The lowest BCUT2D eigenvalue weighted by Crippen LogP contribution is -2.23. The van der Waals surface area contributed by atoms with Gasteiger partial charge in [0, 0.05) is 25.0 Å². The van der Waals surface area contributed by atoms with Crippen molar-refractivity contribution in [2.75, 3.05) is 7.11 Å². The molecule has 8 nitrogen and oxygen atoms in total. The number of nitrogens with zero attached hydrogens (tertiary/aromatic N) is 4. The van der Waals surface area contributed by atoms with Gasteiger partial charge in [0.2, 0.25) is 11.8 Å². The van der Waals surface area contributed by atoms with Gasteiger partial charge in [-0.1, -0.05) is 30.3 Å². The first-order chi connectivity index (χ1) is 14.7. The number of ether oxygens (including phenoxy) is 1. The smallest absolute Gasteiger partial charge is 0.253 e. The maximum atomic E-state index is 12.3. The molecule has 30 heavy (non-hydrogen) atoms. The Morgan fingerprint density at radius 1 is 1.10 bits per heavy atom. The third-order valence-electron chi connectivity index (χ3n) is 4.52. The van der Waals surface area contributed by atoms with Gasteiger partial charge in [0.25, 0.3) is 5.91 Å². The molecule has 0 saturated carbocycles. The number of aromatic hydroxyl groups is 1. The number of hydrogen-bond donors (Lipinski definition) is 2. The van der Waals surface area contributed by atoms with Gasteiger partial charge in [-0.3, -0.25) is 4.79 Å². The summed E-state index contributed by atoms with van der Waals surface area (Å²) in [6, 6.07) is 16.4. The highest BCUT2D eigenvalue weighted by Gasteiger charge is 2.15. The highest BCUT2D eigenvalue weighted by molar-refractivity contribution is 5.93. The average Bonchev–Trinajstić information content (AvgIpc) is 3.19. The molecule has 0 aliphatic heterocycles. The standard InChI is InChI=1S/C22H19N5O3/c1-30-20-11-16(9-10-23-20)18-14-26-27(22(18)29)19-8-7-17(13-24-19)21(28)25-12-15-5-3-2-4-6-15/h2-11,13-14,29H,12H2,1H3,(H,25,28). The number of benzene rings is 1. The molecule has 0 bridgehead atoms. The van der Waals surface area contributed by atoms with E-state index in [0.29, 0.717) is 34.9 Å². The van der Waals surface area contributed by atoms with Crippen LogP contribution in [0.5, 0.6) is 11.8 Å². The van der Waals surface area contributed by atoms with Crippen molar-refractivity contribution in [1.82, 2.24) is 25.1 Å². The van der Waals surface area contributed by atoms with Gasteiger partial charge in [0.15, 0.2) is 5.82 Å². The summed E-state index contributed by atoms with van der Waals surface area (Å²) in [5.74, 6) is 0.521. The maximum absolute atomic E-state index is 12.3. The molecule has 1 amide bonds. The quantitative estimate of drug-likeness (QED) is 0.515. The lowest BCUT2D eigenvalue weighted by atomic mass is 10.1. The number of amides is 1. The lowest BCUT2D eigenvalue weighted by molar-refractivity contribution is 0.0950. The molecule has 0 atom stereocenters. The SMILES string of the molecule is COc1cc(-c2cnn(-c3ccc(C(=O)NCc4ccccc4)cn3)c2O)ccn1. The number of hydrogen-bond acceptors (Lipinski definition) is 6. The minimum absolute atomic E-state index is 0.0722. The molecule has 4 rings (SSSR count). The Morgan fingerprint density at radius 3 is 2.67 bits per heavy atom. The zero-order valence-corrected chi connectivity index (χ0v) is 16.2. The second kappa shape index (κ2) is 8.44. The normalized spacial score (nSPS) is 10.6. The lowest BCUT2D eigenvalue weighted by Gasteiger charge is -2.07. The first kappa shape index (κ1) is 19.1. The van der Waals surface area contributed by atoms with E-state index in [0.717, 1.165) is 5.56 Å². The molecule has 4 aromatic rings. The van der Waals surface area contributed by atoms with E-state index in [4.69, 9.17) is 4.74 Å². The Bertz CT molecular complexity index is 1160. The van der Waals surface area contributed by atoms with E-state index in [1.165, 1.54) is 24.2 Å². The molecule has 8 heteroatoms. The topological polar surface area (TPSA) is 102 Å². The molecule has 150 valence electrons. The van der Waals surface area contributed by atoms with Crippen molar-refractivity contribution in [1.29, 1.82) is 0 Å². The molecule has 2 N–H and O–H groups in total. The van der Waals surface area contributed by atoms with Crippen LogP contribution in [0.25, 0.3) is 16.9 Å². The molecule has 0 fully saturated rings. The molecule has 3 aromatic heterocycles. The maximum Gasteiger partial charge on any atom is 0.253 e. The number of carbonyl (C=O) groups is 1. The molecule has 0 saturated heterocycles. The third kappa shape index (κ3) is 3.97. The first-order valence-electron chi connectivity index (χ1n) is 9.21. The molecule has 0 radical (unpaired) electrons. The van der Waals surface area contributed by atoms with Gasteiger partial charge in [0.1, 0.15) is 0 Å². The van der Waals surface area contributed by atoms with Crippen molar-refractivity contribution in [2.45, 2.75) is 6.54 Å². The van der Waals surface area contributed by atoms with Crippen LogP contribution >= 0.6 is 0 Å². The summed E-state index contributed by atoms with van der Waals surface area (Å²) in [7, 11) is 1.52. The second-order valence-corrected chi connectivity index (χ2v) is 6.45. The minimum atomic E-state index is -0.229. The Balaban J connectivity index is 1.50. The van der Waals surface area contributed by atoms with Crippen molar-refractivity contribution in [3.63, 3.8) is 0 Å². The van der Waals surface area contributed by atoms with Gasteiger partial charge in [-0.05, 0) is 29.3 Å².